The first-order valence-electron chi connectivity index (χ1n) is 10.8. The normalized spacial score (nSPS) is 27.1. The summed E-state index contributed by atoms with van der Waals surface area (Å²) in [6.07, 6.45) is -1.49. The van der Waals surface area contributed by atoms with Crippen LogP contribution >= 0.6 is 0 Å². The van der Waals surface area contributed by atoms with E-state index in [0.29, 0.717) is 5.75 Å². The third-order valence-electron chi connectivity index (χ3n) is 5.62. The van der Waals surface area contributed by atoms with Crippen molar-refractivity contribution in [3.8, 4) is 5.75 Å². The summed E-state index contributed by atoms with van der Waals surface area (Å²) in [7, 11) is 0. The summed E-state index contributed by atoms with van der Waals surface area (Å²) in [5, 5.41) is 40.6. The second-order valence-electron chi connectivity index (χ2n) is 7.90. The Morgan fingerprint density at radius 1 is 1.03 bits per heavy atom. The largest absolute Gasteiger partial charge is 0.461 e. The Morgan fingerprint density at radius 2 is 1.77 bits per heavy atom. The Kier molecular flexibility index (Phi) is 8.10. The lowest BCUT2D eigenvalue weighted by Gasteiger charge is -2.39. The zero-order valence-corrected chi connectivity index (χ0v) is 17.7. The van der Waals surface area contributed by atoms with Gasteiger partial charge >= 0.3 is 0 Å². The number of benzene rings is 1. The van der Waals surface area contributed by atoms with Gasteiger partial charge in [0.05, 0.1) is 6.61 Å². The Labute approximate surface area is 177 Å². The standard InChI is InChI=1S/C22H34N2O6/c1-3-9-24(10-4-2)11-8-14-12-23-15-6-5-7-16(18(14)15)29-22-21(28)20(27)19(26)17(13-25)30-22/h5-7,12,17,19-23,25-28H,3-4,8-11,13H2,1-2H3. The lowest BCUT2D eigenvalue weighted by molar-refractivity contribution is -0.277. The van der Waals surface area contributed by atoms with Crippen molar-refractivity contribution >= 4 is 10.9 Å². The van der Waals surface area contributed by atoms with Crippen molar-refractivity contribution in [2.45, 2.75) is 63.8 Å². The number of ether oxygens (including phenoxy) is 2. The van der Waals surface area contributed by atoms with E-state index in [2.05, 4.69) is 23.7 Å². The molecular formula is C22H34N2O6. The van der Waals surface area contributed by atoms with Crippen molar-refractivity contribution in [2.75, 3.05) is 26.2 Å². The lowest BCUT2D eigenvalue weighted by atomic mass is 9.99. The summed E-state index contributed by atoms with van der Waals surface area (Å²) in [4.78, 5) is 5.71. The van der Waals surface area contributed by atoms with E-state index >= 15 is 0 Å². The minimum Gasteiger partial charge on any atom is -0.461 e. The monoisotopic (exact) mass is 422 g/mol. The van der Waals surface area contributed by atoms with Gasteiger partial charge in [0.1, 0.15) is 30.2 Å². The van der Waals surface area contributed by atoms with E-state index < -0.39 is 37.3 Å². The highest BCUT2D eigenvalue weighted by atomic mass is 16.7. The summed E-state index contributed by atoms with van der Waals surface area (Å²) in [6, 6.07) is 5.58. The molecule has 168 valence electrons. The van der Waals surface area contributed by atoms with Crippen LogP contribution in [0.25, 0.3) is 10.9 Å². The summed E-state index contributed by atoms with van der Waals surface area (Å²) in [6.45, 7) is 6.93. The van der Waals surface area contributed by atoms with E-state index in [1.165, 1.54) is 0 Å². The van der Waals surface area contributed by atoms with E-state index in [4.69, 9.17) is 9.47 Å². The molecule has 0 bridgehead atoms. The number of aliphatic hydroxyl groups is 4. The molecule has 0 amide bonds. The molecule has 5 unspecified atom stereocenters. The second kappa shape index (κ2) is 10.6. The maximum absolute atomic E-state index is 10.3. The number of H-pyrrole nitrogens is 1. The smallest absolute Gasteiger partial charge is 0.229 e. The lowest BCUT2D eigenvalue weighted by Crippen LogP contribution is -2.60. The number of aromatic amines is 1. The highest BCUT2D eigenvalue weighted by molar-refractivity contribution is 5.89. The number of nitrogens with one attached hydrogen (secondary N) is 1. The number of rotatable bonds is 10. The maximum Gasteiger partial charge on any atom is 0.229 e. The second-order valence-corrected chi connectivity index (χ2v) is 7.90. The number of aromatic nitrogens is 1. The molecule has 5 N–H and O–H groups in total. The minimum atomic E-state index is -1.47. The van der Waals surface area contributed by atoms with Crippen molar-refractivity contribution < 1.29 is 29.9 Å². The average molecular weight is 423 g/mol. The van der Waals surface area contributed by atoms with Crippen molar-refractivity contribution in [2.24, 2.45) is 0 Å². The molecule has 1 fully saturated rings. The van der Waals surface area contributed by atoms with Crippen molar-refractivity contribution in [1.82, 2.24) is 9.88 Å². The van der Waals surface area contributed by atoms with Crippen LogP contribution in [0.1, 0.15) is 32.3 Å². The van der Waals surface area contributed by atoms with E-state index in [1.54, 1.807) is 6.07 Å². The SMILES string of the molecule is CCCN(CCC)CCc1c[nH]c2cccc(OC3OC(CO)C(O)C(O)C3O)c12. The molecule has 2 aromatic rings. The van der Waals surface area contributed by atoms with Gasteiger partial charge in [0.2, 0.25) is 6.29 Å². The predicted octanol–water partition coefficient (Wildman–Crippen LogP) is 1.01. The topological polar surface area (TPSA) is 118 Å². The number of fused-ring (bicyclic) bond motifs is 1. The van der Waals surface area contributed by atoms with E-state index in [0.717, 1.165) is 55.4 Å². The summed E-state index contributed by atoms with van der Waals surface area (Å²) >= 11 is 0. The van der Waals surface area contributed by atoms with Crippen molar-refractivity contribution in [3.63, 3.8) is 0 Å². The van der Waals surface area contributed by atoms with Gasteiger partial charge in [-0.25, -0.2) is 0 Å². The van der Waals surface area contributed by atoms with Crippen LogP contribution in [0.5, 0.6) is 5.75 Å². The Balaban J connectivity index is 1.80. The molecule has 0 aliphatic carbocycles. The number of aliphatic hydroxyl groups excluding tert-OH is 4. The van der Waals surface area contributed by atoms with Gasteiger partial charge in [-0.2, -0.15) is 0 Å². The fourth-order valence-corrected chi connectivity index (χ4v) is 4.05. The summed E-state index contributed by atoms with van der Waals surface area (Å²) in [5.41, 5.74) is 2.01. The highest BCUT2D eigenvalue weighted by Crippen LogP contribution is 2.32. The Morgan fingerprint density at radius 3 is 2.43 bits per heavy atom. The summed E-state index contributed by atoms with van der Waals surface area (Å²) in [5.74, 6) is 0.519. The van der Waals surface area contributed by atoms with Crippen molar-refractivity contribution in [3.05, 3.63) is 30.0 Å². The zero-order chi connectivity index (χ0) is 21.7. The van der Waals surface area contributed by atoms with Gasteiger partial charge in [-0.1, -0.05) is 19.9 Å². The molecule has 1 aliphatic heterocycles. The van der Waals surface area contributed by atoms with Crippen molar-refractivity contribution in [1.29, 1.82) is 0 Å². The molecule has 3 rings (SSSR count). The molecule has 0 saturated carbocycles. The first kappa shape index (κ1) is 23.0. The quantitative estimate of drug-likeness (QED) is 0.388. The third kappa shape index (κ3) is 4.96. The van der Waals surface area contributed by atoms with Crippen LogP contribution < -0.4 is 4.74 Å². The fraction of sp³-hybridized carbons (Fsp3) is 0.636. The average Bonchev–Trinajstić information content (AvgIpc) is 3.17. The van der Waals surface area contributed by atoms with E-state index in [1.807, 2.05) is 18.3 Å². The van der Waals surface area contributed by atoms with Crippen LogP contribution in [0.4, 0.5) is 0 Å². The van der Waals surface area contributed by atoms with E-state index in [9.17, 15) is 20.4 Å². The zero-order valence-electron chi connectivity index (χ0n) is 17.7. The van der Waals surface area contributed by atoms with Crippen LogP contribution in [-0.4, -0.2) is 87.3 Å². The summed E-state index contributed by atoms with van der Waals surface area (Å²) < 4.78 is 11.5. The maximum atomic E-state index is 10.3. The van der Waals surface area contributed by atoms with Gasteiger partial charge in [-0.15, -0.1) is 0 Å². The predicted molar refractivity (Wildman–Crippen MR) is 113 cm³/mol. The first-order valence-corrected chi connectivity index (χ1v) is 10.8. The molecule has 8 heteroatoms. The Bertz CT molecular complexity index is 789. The molecule has 1 aromatic carbocycles. The minimum absolute atomic E-state index is 0.491. The van der Waals surface area contributed by atoms with Gasteiger partial charge in [0.15, 0.2) is 0 Å². The molecule has 2 heterocycles. The van der Waals surface area contributed by atoms with Gasteiger partial charge in [-0.05, 0) is 50.0 Å². The first-order chi connectivity index (χ1) is 14.5. The molecule has 8 nitrogen and oxygen atoms in total. The molecule has 0 spiro atoms. The molecule has 30 heavy (non-hydrogen) atoms. The van der Waals surface area contributed by atoms with Crippen LogP contribution in [0.15, 0.2) is 24.4 Å². The van der Waals surface area contributed by atoms with Gasteiger partial charge in [0, 0.05) is 23.6 Å². The number of hydrogen-bond acceptors (Lipinski definition) is 7. The number of nitrogens with zero attached hydrogens (tertiary/aromatic N) is 1. The molecule has 1 aliphatic rings. The fourth-order valence-electron chi connectivity index (χ4n) is 4.05. The molecular weight excluding hydrogens is 388 g/mol. The van der Waals surface area contributed by atoms with Crippen LogP contribution in [0, 0.1) is 0 Å². The Hall–Kier alpha value is -1.68. The van der Waals surface area contributed by atoms with Crippen LogP contribution in [-0.2, 0) is 11.2 Å². The van der Waals surface area contributed by atoms with Gasteiger partial charge < -0.3 is 39.8 Å². The number of hydrogen-bond donors (Lipinski definition) is 5. The third-order valence-corrected chi connectivity index (χ3v) is 5.62. The molecule has 0 radical (unpaired) electrons. The van der Waals surface area contributed by atoms with Crippen LogP contribution in [0.2, 0.25) is 0 Å². The van der Waals surface area contributed by atoms with Gasteiger partial charge in [-0.3, -0.25) is 0 Å². The van der Waals surface area contributed by atoms with Gasteiger partial charge in [0.25, 0.3) is 0 Å². The molecule has 1 aromatic heterocycles. The molecule has 5 atom stereocenters. The highest BCUT2D eigenvalue weighted by Gasteiger charge is 2.44. The van der Waals surface area contributed by atoms with Crippen LogP contribution in [0.3, 0.4) is 0 Å². The molecule has 1 saturated heterocycles. The van der Waals surface area contributed by atoms with E-state index in [-0.39, 0.29) is 0 Å².